The Morgan fingerprint density at radius 2 is 1.98 bits per heavy atom. The summed E-state index contributed by atoms with van der Waals surface area (Å²) in [5.74, 6) is 0.521. The van der Waals surface area contributed by atoms with Crippen LogP contribution in [0.2, 0.25) is 5.02 Å². The summed E-state index contributed by atoms with van der Waals surface area (Å²) in [5.41, 5.74) is 10.9. The van der Waals surface area contributed by atoms with Crippen molar-refractivity contribution in [3.63, 3.8) is 0 Å². The average Bonchev–Trinajstić information content (AvgIpc) is 3.59. The first-order valence-electron chi connectivity index (χ1n) is 12.2. The number of carbonyl (C=O) groups is 1. The first-order chi connectivity index (χ1) is 19.9. The zero-order chi connectivity index (χ0) is 28.8. The largest absolute Gasteiger partial charge is 0.490 e. The van der Waals surface area contributed by atoms with Gasteiger partial charge in [-0.25, -0.2) is 10.1 Å². The average molecular weight is 638 g/mol. The van der Waals surface area contributed by atoms with Crippen LogP contribution in [0, 0.1) is 0 Å². The highest BCUT2D eigenvalue weighted by Crippen LogP contribution is 2.37. The molecule has 0 bridgehead atoms. The van der Waals surface area contributed by atoms with Crippen molar-refractivity contribution >= 4 is 45.5 Å². The lowest BCUT2D eigenvalue weighted by molar-refractivity contribution is 0.0950. The summed E-state index contributed by atoms with van der Waals surface area (Å²) >= 11 is 9.63. The minimum atomic E-state index is -0.605. The van der Waals surface area contributed by atoms with Gasteiger partial charge in [-0.2, -0.15) is 9.78 Å². The van der Waals surface area contributed by atoms with Gasteiger partial charge in [0.1, 0.15) is 12.3 Å². The summed E-state index contributed by atoms with van der Waals surface area (Å²) in [6, 6.07) is 20.0. The van der Waals surface area contributed by atoms with Gasteiger partial charge in [0, 0.05) is 10.6 Å². The van der Waals surface area contributed by atoms with Crippen LogP contribution in [0.5, 0.6) is 11.5 Å². The topological polar surface area (TPSA) is 156 Å². The first kappa shape index (κ1) is 27.8. The van der Waals surface area contributed by atoms with E-state index in [1.165, 1.54) is 10.9 Å². The van der Waals surface area contributed by atoms with E-state index in [-0.39, 0.29) is 17.3 Å². The lowest BCUT2D eigenvalue weighted by Gasteiger charge is -2.15. The molecular weight excluding hydrogens is 616 g/mol. The predicted octanol–water partition coefficient (Wildman–Crippen LogP) is 5.06. The molecule has 1 amide bonds. The number of halogens is 2. The number of anilines is 1. The molecule has 2 heterocycles. The molecule has 0 aliphatic rings. The molecule has 3 aromatic carbocycles. The molecule has 0 saturated heterocycles. The molecule has 5 aromatic rings. The fourth-order valence-corrected chi connectivity index (χ4v) is 4.63. The van der Waals surface area contributed by atoms with Crippen LogP contribution in [-0.2, 0) is 6.61 Å². The second kappa shape index (κ2) is 12.6. The zero-order valence-corrected chi connectivity index (χ0v) is 23.8. The Hall–Kier alpha value is -4.75. The summed E-state index contributed by atoms with van der Waals surface area (Å²) < 4.78 is 18.5. The third-order valence-electron chi connectivity index (χ3n) is 5.61. The number of hydrogen-bond donors (Lipinski definition) is 2. The molecule has 0 atom stereocenters. The summed E-state index contributed by atoms with van der Waals surface area (Å²) in [4.78, 5) is 13.1. The van der Waals surface area contributed by atoms with Crippen LogP contribution in [0.3, 0.4) is 0 Å². The quantitative estimate of drug-likeness (QED) is 0.158. The number of aromatic nitrogens is 5. The van der Waals surface area contributed by atoms with Gasteiger partial charge >= 0.3 is 0 Å². The Kier molecular flexibility index (Phi) is 8.56. The Bertz CT molecular complexity index is 1710. The van der Waals surface area contributed by atoms with E-state index in [1.807, 2.05) is 43.3 Å². The Morgan fingerprint density at radius 3 is 2.71 bits per heavy atom. The number of rotatable bonds is 10. The Balaban J connectivity index is 1.36. The van der Waals surface area contributed by atoms with Gasteiger partial charge in [0.15, 0.2) is 17.2 Å². The van der Waals surface area contributed by atoms with Gasteiger partial charge in [0.2, 0.25) is 11.6 Å². The third-order valence-corrected chi connectivity index (χ3v) is 6.44. The van der Waals surface area contributed by atoms with Crippen molar-refractivity contribution in [2.45, 2.75) is 13.5 Å². The summed E-state index contributed by atoms with van der Waals surface area (Å²) in [7, 11) is 0. The second-order valence-corrected chi connectivity index (χ2v) is 9.71. The lowest BCUT2D eigenvalue weighted by Crippen LogP contribution is -2.19. The molecule has 0 aliphatic heterocycles. The molecule has 0 spiro atoms. The minimum absolute atomic E-state index is 0.00306. The highest BCUT2D eigenvalue weighted by molar-refractivity contribution is 9.10. The molecule has 0 saturated carbocycles. The molecule has 14 heteroatoms. The van der Waals surface area contributed by atoms with Crippen molar-refractivity contribution in [1.29, 1.82) is 0 Å². The van der Waals surface area contributed by atoms with Crippen LogP contribution < -0.4 is 20.6 Å². The maximum Gasteiger partial charge on any atom is 0.294 e. The molecule has 0 radical (unpaired) electrons. The number of amides is 1. The highest BCUT2D eigenvalue weighted by atomic mass is 79.9. The van der Waals surface area contributed by atoms with E-state index in [2.05, 4.69) is 47.1 Å². The molecule has 2 aromatic heterocycles. The summed E-state index contributed by atoms with van der Waals surface area (Å²) in [6.07, 6.45) is 1.47. The molecule has 5 rings (SSSR count). The molecule has 0 unspecified atom stereocenters. The minimum Gasteiger partial charge on any atom is -0.490 e. The predicted molar refractivity (Wildman–Crippen MR) is 155 cm³/mol. The van der Waals surface area contributed by atoms with E-state index in [0.717, 1.165) is 5.56 Å². The monoisotopic (exact) mass is 636 g/mol. The van der Waals surface area contributed by atoms with Gasteiger partial charge in [-0.1, -0.05) is 59.3 Å². The number of hydrazone groups is 1. The number of nitrogen functional groups attached to an aromatic ring is 1. The number of benzene rings is 3. The number of nitrogens with zero attached hydrogens (tertiary/aromatic N) is 6. The molecular formula is C27H22BrClN8O4. The van der Waals surface area contributed by atoms with E-state index in [1.54, 1.807) is 30.3 Å². The Morgan fingerprint density at radius 1 is 1.15 bits per heavy atom. The molecule has 0 fully saturated rings. The van der Waals surface area contributed by atoms with Gasteiger partial charge < -0.3 is 15.2 Å². The van der Waals surface area contributed by atoms with E-state index in [4.69, 9.17) is 31.4 Å². The highest BCUT2D eigenvalue weighted by Gasteiger charge is 2.25. The van der Waals surface area contributed by atoms with Gasteiger partial charge in [-0.05, 0) is 68.6 Å². The van der Waals surface area contributed by atoms with E-state index < -0.39 is 5.91 Å². The third kappa shape index (κ3) is 6.36. The van der Waals surface area contributed by atoms with E-state index in [9.17, 15) is 4.79 Å². The fourth-order valence-electron chi connectivity index (χ4n) is 3.84. The number of nitrogens with two attached hydrogens (primary N) is 1. The van der Waals surface area contributed by atoms with Crippen molar-refractivity contribution < 1.29 is 18.9 Å². The molecule has 41 heavy (non-hydrogen) atoms. The van der Waals surface area contributed by atoms with Crippen LogP contribution in [0.25, 0.3) is 17.1 Å². The van der Waals surface area contributed by atoms with Crippen LogP contribution in [0.4, 0.5) is 5.82 Å². The molecule has 208 valence electrons. The van der Waals surface area contributed by atoms with Crippen LogP contribution >= 0.6 is 27.5 Å². The first-order valence-corrected chi connectivity index (χ1v) is 13.4. The molecule has 0 aliphatic carbocycles. The normalized spacial score (nSPS) is 11.1. The zero-order valence-electron chi connectivity index (χ0n) is 21.5. The van der Waals surface area contributed by atoms with Crippen LogP contribution in [-0.4, -0.2) is 44.0 Å². The number of hydrogen-bond acceptors (Lipinski definition) is 10. The summed E-state index contributed by atoms with van der Waals surface area (Å²) in [5, 5.41) is 20.2. The standard InChI is InChI=1S/C27H22BrClN8O4/c1-2-39-21-13-17(12-20(28)24(21)40-15-16-7-6-10-19(29)11-16)14-31-33-27(38)22-23(18-8-4-3-5-9-18)37(36-32-22)26-25(30)34-41-35-26/h3-14H,2,15H2,1H3,(H2,30,34)(H,33,38)/b31-14-. The maximum atomic E-state index is 13.1. The number of nitrogens with one attached hydrogen (secondary N) is 1. The Labute approximate surface area is 247 Å². The molecule has 3 N–H and O–H groups in total. The smallest absolute Gasteiger partial charge is 0.294 e. The maximum absolute atomic E-state index is 13.1. The van der Waals surface area contributed by atoms with Crippen molar-refractivity contribution in [3.8, 4) is 28.6 Å². The number of ether oxygens (including phenoxy) is 2. The van der Waals surface area contributed by atoms with Gasteiger partial charge in [0.05, 0.1) is 17.3 Å². The van der Waals surface area contributed by atoms with Crippen molar-refractivity contribution in [2.75, 3.05) is 12.3 Å². The lowest BCUT2D eigenvalue weighted by atomic mass is 10.1. The van der Waals surface area contributed by atoms with Gasteiger partial charge in [0.25, 0.3) is 5.91 Å². The SMILES string of the molecule is CCOc1cc(/C=N\NC(=O)c2nnn(-c3nonc3N)c2-c2ccccc2)cc(Br)c1OCc1cccc(Cl)c1. The molecule has 12 nitrogen and oxygen atoms in total. The van der Waals surface area contributed by atoms with Crippen molar-refractivity contribution in [2.24, 2.45) is 5.10 Å². The van der Waals surface area contributed by atoms with Gasteiger partial charge in [-0.15, -0.1) is 5.10 Å². The summed E-state index contributed by atoms with van der Waals surface area (Å²) in [6.45, 7) is 2.58. The van der Waals surface area contributed by atoms with Crippen molar-refractivity contribution in [3.05, 3.63) is 93.0 Å². The fraction of sp³-hybridized carbons (Fsp3) is 0.111. The van der Waals surface area contributed by atoms with Crippen molar-refractivity contribution in [1.82, 2.24) is 30.7 Å². The second-order valence-electron chi connectivity index (χ2n) is 8.42. The van der Waals surface area contributed by atoms with Crippen LogP contribution in [0.15, 0.2) is 80.9 Å². The van der Waals surface area contributed by atoms with E-state index >= 15 is 0 Å². The van der Waals surface area contributed by atoms with E-state index in [0.29, 0.717) is 51.0 Å². The van der Waals surface area contributed by atoms with Crippen LogP contribution in [0.1, 0.15) is 28.5 Å². The van der Waals surface area contributed by atoms with Gasteiger partial charge in [-0.3, -0.25) is 4.79 Å². The number of carbonyl (C=O) groups excluding carboxylic acids is 1.